The zero-order chi connectivity index (χ0) is 23.4. The molecule has 1 fully saturated rings. The van der Waals surface area contributed by atoms with Gasteiger partial charge in [-0.3, -0.25) is 14.4 Å². The summed E-state index contributed by atoms with van der Waals surface area (Å²) in [6.45, 7) is 4.29. The van der Waals surface area contributed by atoms with Crippen LogP contribution in [0.5, 0.6) is 0 Å². The number of carbonyl (C=O) groups is 3. The minimum absolute atomic E-state index is 0.0595. The van der Waals surface area contributed by atoms with Gasteiger partial charge in [0.15, 0.2) is 5.78 Å². The van der Waals surface area contributed by atoms with Crippen LogP contribution in [-0.2, 0) is 9.59 Å². The molecule has 5 heteroatoms. The minimum Gasteiger partial charge on any atom is -0.294 e. The number of Topliss-reactive ketones (excluding diaryl/α,β-unsaturated/α-hetero) is 1. The van der Waals surface area contributed by atoms with E-state index < -0.39 is 5.92 Å². The SMILES string of the molecule is CCC(C)c1ccc(C(=O)CCC2C(=O)N(c3ccccc3)N(c3ccccc3)C2=O)cc1. The zero-order valence-electron chi connectivity index (χ0n) is 19.0. The highest BCUT2D eigenvalue weighted by Gasteiger charge is 2.46. The molecule has 1 heterocycles. The lowest BCUT2D eigenvalue weighted by atomic mass is 9.94. The Balaban J connectivity index is 1.53. The predicted molar refractivity (Wildman–Crippen MR) is 130 cm³/mol. The van der Waals surface area contributed by atoms with E-state index in [-0.39, 0.29) is 30.4 Å². The van der Waals surface area contributed by atoms with Crippen molar-refractivity contribution in [1.82, 2.24) is 0 Å². The van der Waals surface area contributed by atoms with Crippen molar-refractivity contribution < 1.29 is 14.4 Å². The maximum absolute atomic E-state index is 13.4. The molecule has 0 radical (unpaired) electrons. The third-order valence-corrected chi connectivity index (χ3v) is 6.29. The van der Waals surface area contributed by atoms with Crippen LogP contribution in [0.15, 0.2) is 84.9 Å². The quantitative estimate of drug-likeness (QED) is 0.330. The van der Waals surface area contributed by atoms with Crippen LogP contribution in [0, 0.1) is 5.92 Å². The van der Waals surface area contributed by atoms with Gasteiger partial charge in [-0.2, -0.15) is 0 Å². The fourth-order valence-electron chi connectivity index (χ4n) is 4.12. The second-order valence-electron chi connectivity index (χ2n) is 8.42. The molecule has 0 bridgehead atoms. The number of nitrogens with zero attached hydrogens (tertiary/aromatic N) is 2. The third-order valence-electron chi connectivity index (χ3n) is 6.29. The van der Waals surface area contributed by atoms with Gasteiger partial charge in [0.1, 0.15) is 5.92 Å². The van der Waals surface area contributed by atoms with Gasteiger partial charge in [-0.05, 0) is 48.6 Å². The van der Waals surface area contributed by atoms with Crippen molar-refractivity contribution in [3.05, 3.63) is 96.1 Å². The summed E-state index contributed by atoms with van der Waals surface area (Å²) >= 11 is 0. The normalized spacial score (nSPS) is 15.2. The van der Waals surface area contributed by atoms with Crippen LogP contribution >= 0.6 is 0 Å². The molecule has 3 aromatic rings. The molecule has 0 aliphatic carbocycles. The van der Waals surface area contributed by atoms with E-state index in [1.807, 2.05) is 60.7 Å². The third kappa shape index (κ3) is 4.58. The van der Waals surface area contributed by atoms with Crippen LogP contribution in [0.4, 0.5) is 11.4 Å². The van der Waals surface area contributed by atoms with Crippen molar-refractivity contribution in [2.24, 2.45) is 5.92 Å². The average Bonchev–Trinajstić information content (AvgIpc) is 3.12. The van der Waals surface area contributed by atoms with Crippen molar-refractivity contribution in [2.75, 3.05) is 10.0 Å². The molecular formula is C28H28N2O3. The van der Waals surface area contributed by atoms with E-state index in [0.29, 0.717) is 22.9 Å². The molecule has 1 atom stereocenters. The first-order valence-corrected chi connectivity index (χ1v) is 11.4. The first kappa shape index (κ1) is 22.5. The van der Waals surface area contributed by atoms with Crippen LogP contribution < -0.4 is 10.0 Å². The van der Waals surface area contributed by atoms with E-state index in [0.717, 1.165) is 6.42 Å². The molecule has 0 aromatic heterocycles. The molecule has 0 saturated carbocycles. The highest BCUT2D eigenvalue weighted by atomic mass is 16.2. The molecular weight excluding hydrogens is 412 g/mol. The monoisotopic (exact) mass is 440 g/mol. The van der Waals surface area contributed by atoms with E-state index >= 15 is 0 Å². The number of rotatable bonds is 8. The molecule has 1 saturated heterocycles. The standard InChI is InChI=1S/C28H28N2O3/c1-3-20(2)21-14-16-22(17-15-21)26(31)19-18-25-27(32)29(23-10-6-4-7-11-23)30(28(25)33)24-12-8-5-9-13-24/h4-17,20,25H,3,18-19H2,1-2H3. The number of ketones is 1. The number of amides is 2. The molecule has 1 aliphatic rings. The number of hydrogen-bond donors (Lipinski definition) is 0. The topological polar surface area (TPSA) is 57.7 Å². The zero-order valence-corrected chi connectivity index (χ0v) is 19.0. The second kappa shape index (κ2) is 9.82. The Hall–Kier alpha value is -3.73. The summed E-state index contributed by atoms with van der Waals surface area (Å²) in [7, 11) is 0. The van der Waals surface area contributed by atoms with Gasteiger partial charge in [0.05, 0.1) is 11.4 Å². The van der Waals surface area contributed by atoms with Crippen molar-refractivity contribution in [3.63, 3.8) is 0 Å². The molecule has 2 amide bonds. The van der Waals surface area contributed by atoms with Gasteiger partial charge in [-0.25, -0.2) is 10.0 Å². The van der Waals surface area contributed by atoms with E-state index in [1.54, 1.807) is 24.3 Å². The Kier molecular flexibility index (Phi) is 6.68. The summed E-state index contributed by atoms with van der Waals surface area (Å²) < 4.78 is 0. The molecule has 5 nitrogen and oxygen atoms in total. The molecule has 168 valence electrons. The van der Waals surface area contributed by atoms with Gasteiger partial charge in [0.25, 0.3) is 11.8 Å². The largest absolute Gasteiger partial charge is 0.294 e. The number of benzene rings is 3. The lowest BCUT2D eigenvalue weighted by molar-refractivity contribution is -0.127. The Bertz CT molecular complexity index is 1070. The summed E-state index contributed by atoms with van der Waals surface area (Å²) in [5.74, 6) is -1.13. The van der Waals surface area contributed by atoms with Crippen molar-refractivity contribution in [3.8, 4) is 0 Å². The van der Waals surface area contributed by atoms with Crippen LogP contribution in [0.1, 0.15) is 54.9 Å². The van der Waals surface area contributed by atoms with E-state index in [1.165, 1.54) is 15.6 Å². The van der Waals surface area contributed by atoms with Gasteiger partial charge in [0.2, 0.25) is 0 Å². The van der Waals surface area contributed by atoms with E-state index in [2.05, 4.69) is 13.8 Å². The van der Waals surface area contributed by atoms with Crippen LogP contribution in [0.3, 0.4) is 0 Å². The van der Waals surface area contributed by atoms with Gasteiger partial charge >= 0.3 is 0 Å². The molecule has 3 aromatic carbocycles. The first-order chi connectivity index (χ1) is 16.0. The number of hydrazine groups is 1. The minimum atomic E-state index is -0.895. The predicted octanol–water partition coefficient (Wildman–Crippen LogP) is 5.77. The number of para-hydroxylation sites is 2. The summed E-state index contributed by atoms with van der Waals surface area (Å²) in [6.07, 6.45) is 1.35. The average molecular weight is 441 g/mol. The van der Waals surface area contributed by atoms with Crippen molar-refractivity contribution in [1.29, 1.82) is 0 Å². The molecule has 0 N–H and O–H groups in total. The molecule has 1 unspecified atom stereocenters. The summed E-state index contributed by atoms with van der Waals surface area (Å²) in [4.78, 5) is 39.5. The fourth-order valence-corrected chi connectivity index (χ4v) is 4.12. The van der Waals surface area contributed by atoms with Gasteiger partial charge in [-0.1, -0.05) is 74.5 Å². The van der Waals surface area contributed by atoms with E-state index in [9.17, 15) is 14.4 Å². The molecule has 0 spiro atoms. The summed E-state index contributed by atoms with van der Waals surface area (Å²) in [5.41, 5.74) is 3.05. The fraction of sp³-hybridized carbons (Fsp3) is 0.250. The summed E-state index contributed by atoms with van der Waals surface area (Å²) in [5, 5.41) is 2.85. The van der Waals surface area contributed by atoms with Crippen molar-refractivity contribution >= 4 is 29.0 Å². The Morgan fingerprint density at radius 1 is 0.788 bits per heavy atom. The van der Waals surface area contributed by atoms with E-state index in [4.69, 9.17) is 0 Å². The second-order valence-corrected chi connectivity index (χ2v) is 8.42. The van der Waals surface area contributed by atoms with Gasteiger partial charge in [-0.15, -0.1) is 0 Å². The lowest BCUT2D eigenvalue weighted by Crippen LogP contribution is -2.41. The number of anilines is 2. The Morgan fingerprint density at radius 3 is 1.73 bits per heavy atom. The Labute approximate surface area is 194 Å². The lowest BCUT2D eigenvalue weighted by Gasteiger charge is -2.27. The van der Waals surface area contributed by atoms with Gasteiger partial charge < -0.3 is 0 Å². The molecule has 1 aliphatic heterocycles. The maximum Gasteiger partial charge on any atom is 0.258 e. The van der Waals surface area contributed by atoms with Crippen molar-refractivity contribution in [2.45, 2.75) is 39.0 Å². The highest BCUT2D eigenvalue weighted by Crippen LogP contribution is 2.33. The van der Waals surface area contributed by atoms with Crippen LogP contribution in [0.25, 0.3) is 0 Å². The highest BCUT2D eigenvalue weighted by molar-refractivity contribution is 6.23. The van der Waals surface area contributed by atoms with Crippen LogP contribution in [-0.4, -0.2) is 17.6 Å². The summed E-state index contributed by atoms with van der Waals surface area (Å²) in [6, 6.07) is 25.9. The number of hydrogen-bond acceptors (Lipinski definition) is 3. The number of carbonyl (C=O) groups excluding carboxylic acids is 3. The Morgan fingerprint density at radius 2 is 1.27 bits per heavy atom. The van der Waals surface area contributed by atoms with Gasteiger partial charge in [0, 0.05) is 12.0 Å². The smallest absolute Gasteiger partial charge is 0.258 e. The molecule has 33 heavy (non-hydrogen) atoms. The van der Waals surface area contributed by atoms with Crippen LogP contribution in [0.2, 0.25) is 0 Å². The maximum atomic E-state index is 13.4. The molecule has 4 rings (SSSR count). The first-order valence-electron chi connectivity index (χ1n) is 11.4.